The molecule has 0 bridgehead atoms. The maximum absolute atomic E-state index is 4.38. The van der Waals surface area contributed by atoms with Gasteiger partial charge in [0, 0.05) is 12.2 Å². The smallest absolute Gasteiger partial charge is 0.0606 e. The van der Waals surface area contributed by atoms with Crippen molar-refractivity contribution in [2.75, 3.05) is 5.32 Å². The lowest BCUT2D eigenvalue weighted by atomic mass is 9.79. The number of nitrogens with zero attached hydrogens (tertiary/aromatic N) is 1. The molecular weight excluding hydrogens is 208 g/mol. The van der Waals surface area contributed by atoms with Gasteiger partial charge >= 0.3 is 0 Å². The second kappa shape index (κ2) is 5.07. The SMILES string of the molecule is Cc1ccnc(C)c1NC1CCC(C)C(C)C1. The van der Waals surface area contributed by atoms with E-state index < -0.39 is 0 Å². The zero-order valence-electron chi connectivity index (χ0n) is 11.5. The first-order chi connectivity index (χ1) is 8.08. The second-order valence-electron chi connectivity index (χ2n) is 5.70. The predicted octanol–water partition coefficient (Wildman–Crippen LogP) is 3.94. The van der Waals surface area contributed by atoms with Gasteiger partial charge < -0.3 is 5.32 Å². The van der Waals surface area contributed by atoms with Crippen LogP contribution < -0.4 is 5.32 Å². The van der Waals surface area contributed by atoms with E-state index in [2.05, 4.69) is 44.1 Å². The number of rotatable bonds is 2. The minimum atomic E-state index is 0.628. The number of nitrogens with one attached hydrogen (secondary N) is 1. The van der Waals surface area contributed by atoms with E-state index in [1.807, 2.05) is 6.20 Å². The van der Waals surface area contributed by atoms with E-state index in [0.717, 1.165) is 17.5 Å². The van der Waals surface area contributed by atoms with Crippen molar-refractivity contribution >= 4 is 5.69 Å². The quantitative estimate of drug-likeness (QED) is 0.835. The number of hydrogen-bond donors (Lipinski definition) is 1. The highest BCUT2D eigenvalue weighted by molar-refractivity contribution is 5.54. The minimum Gasteiger partial charge on any atom is -0.381 e. The van der Waals surface area contributed by atoms with Gasteiger partial charge in [-0.05, 0) is 56.6 Å². The van der Waals surface area contributed by atoms with Gasteiger partial charge in [0.1, 0.15) is 0 Å². The van der Waals surface area contributed by atoms with Crippen molar-refractivity contribution in [2.24, 2.45) is 11.8 Å². The number of aryl methyl sites for hydroxylation is 2. The lowest BCUT2D eigenvalue weighted by molar-refractivity contribution is 0.261. The third kappa shape index (κ3) is 2.80. The van der Waals surface area contributed by atoms with Crippen molar-refractivity contribution in [3.8, 4) is 0 Å². The summed E-state index contributed by atoms with van der Waals surface area (Å²) in [5.74, 6) is 1.71. The third-order valence-corrected chi connectivity index (χ3v) is 4.30. The van der Waals surface area contributed by atoms with Crippen LogP contribution in [0.5, 0.6) is 0 Å². The molecule has 0 spiro atoms. The number of hydrogen-bond acceptors (Lipinski definition) is 2. The second-order valence-corrected chi connectivity index (χ2v) is 5.70. The average Bonchev–Trinajstić information content (AvgIpc) is 2.28. The molecule has 1 aliphatic carbocycles. The molecule has 0 radical (unpaired) electrons. The van der Waals surface area contributed by atoms with Gasteiger partial charge in [-0.1, -0.05) is 13.8 Å². The first-order valence-electron chi connectivity index (χ1n) is 6.76. The number of pyridine rings is 1. The lowest BCUT2D eigenvalue weighted by Crippen LogP contribution is -2.30. The maximum atomic E-state index is 4.38. The minimum absolute atomic E-state index is 0.628. The molecule has 1 heterocycles. The Labute approximate surface area is 105 Å². The zero-order valence-corrected chi connectivity index (χ0v) is 11.5. The van der Waals surface area contributed by atoms with E-state index in [1.54, 1.807) is 0 Å². The van der Waals surface area contributed by atoms with E-state index in [9.17, 15) is 0 Å². The van der Waals surface area contributed by atoms with Crippen LogP contribution in [-0.4, -0.2) is 11.0 Å². The number of aromatic nitrogens is 1. The molecule has 3 atom stereocenters. The van der Waals surface area contributed by atoms with E-state index >= 15 is 0 Å². The van der Waals surface area contributed by atoms with Crippen molar-refractivity contribution in [1.29, 1.82) is 0 Å². The molecule has 1 N–H and O–H groups in total. The fourth-order valence-electron chi connectivity index (χ4n) is 2.80. The molecule has 2 heteroatoms. The Morgan fingerprint density at radius 1 is 1.18 bits per heavy atom. The molecule has 1 aromatic rings. The van der Waals surface area contributed by atoms with Gasteiger partial charge in [-0.25, -0.2) is 0 Å². The summed E-state index contributed by atoms with van der Waals surface area (Å²) in [7, 11) is 0. The Kier molecular flexibility index (Phi) is 3.70. The first kappa shape index (κ1) is 12.4. The Morgan fingerprint density at radius 2 is 1.94 bits per heavy atom. The highest BCUT2D eigenvalue weighted by Crippen LogP contribution is 2.32. The molecule has 0 saturated heterocycles. The van der Waals surface area contributed by atoms with Crippen molar-refractivity contribution in [2.45, 2.75) is 53.0 Å². The zero-order chi connectivity index (χ0) is 12.4. The summed E-state index contributed by atoms with van der Waals surface area (Å²) in [4.78, 5) is 4.38. The fraction of sp³-hybridized carbons (Fsp3) is 0.667. The van der Waals surface area contributed by atoms with Crippen LogP contribution in [0.3, 0.4) is 0 Å². The highest BCUT2D eigenvalue weighted by atomic mass is 14.9. The first-order valence-corrected chi connectivity index (χ1v) is 6.76. The van der Waals surface area contributed by atoms with E-state index in [-0.39, 0.29) is 0 Å². The van der Waals surface area contributed by atoms with Gasteiger partial charge in [0.2, 0.25) is 0 Å². The normalized spacial score (nSPS) is 29.1. The standard InChI is InChI=1S/C15H24N2/c1-10-5-6-14(9-12(10)3)17-15-11(2)7-8-16-13(15)4/h7-8,10,12,14,17H,5-6,9H2,1-4H3. The molecule has 3 unspecified atom stereocenters. The molecule has 1 saturated carbocycles. The van der Waals surface area contributed by atoms with Crippen LogP contribution in [0.1, 0.15) is 44.4 Å². The van der Waals surface area contributed by atoms with E-state index in [1.165, 1.54) is 30.5 Å². The molecule has 0 aromatic carbocycles. The van der Waals surface area contributed by atoms with Crippen LogP contribution >= 0.6 is 0 Å². The molecular formula is C15H24N2. The fourth-order valence-corrected chi connectivity index (χ4v) is 2.80. The van der Waals surface area contributed by atoms with E-state index in [0.29, 0.717) is 6.04 Å². The Hall–Kier alpha value is -1.05. The monoisotopic (exact) mass is 232 g/mol. The Bertz CT molecular complexity index is 366. The van der Waals surface area contributed by atoms with Crippen LogP contribution in [0.15, 0.2) is 12.3 Å². The largest absolute Gasteiger partial charge is 0.381 e. The summed E-state index contributed by atoms with van der Waals surface area (Å²) in [6, 6.07) is 2.72. The molecule has 2 nitrogen and oxygen atoms in total. The van der Waals surface area contributed by atoms with Gasteiger partial charge in [-0.3, -0.25) is 4.98 Å². The maximum Gasteiger partial charge on any atom is 0.0606 e. The summed E-state index contributed by atoms with van der Waals surface area (Å²) in [5.41, 5.74) is 3.68. The van der Waals surface area contributed by atoms with Gasteiger partial charge in [0.25, 0.3) is 0 Å². The summed E-state index contributed by atoms with van der Waals surface area (Å²) >= 11 is 0. The van der Waals surface area contributed by atoms with E-state index in [4.69, 9.17) is 0 Å². The molecule has 0 aliphatic heterocycles. The summed E-state index contributed by atoms with van der Waals surface area (Å²) < 4.78 is 0. The van der Waals surface area contributed by atoms with Crippen molar-refractivity contribution < 1.29 is 0 Å². The van der Waals surface area contributed by atoms with Crippen LogP contribution in [0.4, 0.5) is 5.69 Å². The van der Waals surface area contributed by atoms with Crippen LogP contribution in [0.25, 0.3) is 0 Å². The summed E-state index contributed by atoms with van der Waals surface area (Å²) in [6.07, 6.45) is 5.81. The van der Waals surface area contributed by atoms with Gasteiger partial charge in [-0.2, -0.15) is 0 Å². The lowest BCUT2D eigenvalue weighted by Gasteiger charge is -2.33. The predicted molar refractivity (Wildman–Crippen MR) is 73.3 cm³/mol. The molecule has 2 rings (SSSR count). The van der Waals surface area contributed by atoms with Gasteiger partial charge in [-0.15, -0.1) is 0 Å². The Morgan fingerprint density at radius 3 is 2.59 bits per heavy atom. The van der Waals surface area contributed by atoms with Crippen molar-refractivity contribution in [3.63, 3.8) is 0 Å². The highest BCUT2D eigenvalue weighted by Gasteiger charge is 2.24. The third-order valence-electron chi connectivity index (χ3n) is 4.30. The summed E-state index contributed by atoms with van der Waals surface area (Å²) in [6.45, 7) is 9.00. The molecule has 1 fully saturated rings. The summed E-state index contributed by atoms with van der Waals surface area (Å²) in [5, 5.41) is 3.71. The number of anilines is 1. The van der Waals surface area contributed by atoms with Crippen molar-refractivity contribution in [1.82, 2.24) is 4.98 Å². The molecule has 17 heavy (non-hydrogen) atoms. The topological polar surface area (TPSA) is 24.9 Å². The Balaban J connectivity index is 2.06. The van der Waals surface area contributed by atoms with Crippen LogP contribution in [-0.2, 0) is 0 Å². The van der Waals surface area contributed by atoms with Crippen LogP contribution in [0.2, 0.25) is 0 Å². The molecule has 1 aromatic heterocycles. The van der Waals surface area contributed by atoms with Crippen molar-refractivity contribution in [3.05, 3.63) is 23.5 Å². The van der Waals surface area contributed by atoms with Gasteiger partial charge in [0.15, 0.2) is 0 Å². The van der Waals surface area contributed by atoms with Crippen LogP contribution in [0, 0.1) is 25.7 Å². The average molecular weight is 232 g/mol. The molecule has 0 amide bonds. The molecule has 1 aliphatic rings. The molecule has 94 valence electrons. The van der Waals surface area contributed by atoms with Gasteiger partial charge in [0.05, 0.1) is 11.4 Å².